The van der Waals surface area contributed by atoms with E-state index in [0.29, 0.717) is 11.3 Å². The molecule has 0 saturated heterocycles. The normalized spacial score (nSPS) is 12.0. The Morgan fingerprint density at radius 1 is 1.15 bits per heavy atom. The summed E-state index contributed by atoms with van der Waals surface area (Å²) in [5, 5.41) is 11.3. The molecule has 0 radical (unpaired) electrons. The van der Waals surface area contributed by atoms with Gasteiger partial charge in [0, 0.05) is 11.8 Å². The molecule has 0 aliphatic carbocycles. The molecule has 1 N–H and O–H groups in total. The van der Waals surface area contributed by atoms with Gasteiger partial charge in [-0.1, -0.05) is 0 Å². The molecule has 1 atom stereocenters. The molecule has 2 aromatic rings. The summed E-state index contributed by atoms with van der Waals surface area (Å²) < 4.78 is 48.3. The summed E-state index contributed by atoms with van der Waals surface area (Å²) in [5.74, 6) is 0.0102. The summed E-state index contributed by atoms with van der Waals surface area (Å²) in [7, 11) is 1.40. The maximum absolute atomic E-state index is 12.5. The summed E-state index contributed by atoms with van der Waals surface area (Å²) >= 11 is 0. The van der Waals surface area contributed by atoms with Crippen LogP contribution in [0.1, 0.15) is 18.1 Å². The minimum absolute atomic E-state index is 0.213. The van der Waals surface area contributed by atoms with Crippen LogP contribution in [0.25, 0.3) is 0 Å². The molecule has 0 heterocycles. The highest BCUT2D eigenvalue weighted by atomic mass is 19.4. The lowest BCUT2D eigenvalue weighted by Crippen LogP contribution is -2.30. The maximum Gasteiger partial charge on any atom is 0.416 e. The van der Waals surface area contributed by atoms with E-state index >= 15 is 0 Å². The Bertz CT molecular complexity index is 827. The van der Waals surface area contributed by atoms with Crippen molar-refractivity contribution in [3.63, 3.8) is 0 Å². The van der Waals surface area contributed by atoms with E-state index in [2.05, 4.69) is 5.32 Å². The summed E-state index contributed by atoms with van der Waals surface area (Å²) in [5.41, 5.74) is -0.219. The van der Waals surface area contributed by atoms with Crippen molar-refractivity contribution < 1.29 is 27.4 Å². The second-order valence-electron chi connectivity index (χ2n) is 5.30. The highest BCUT2D eigenvalue weighted by Crippen LogP contribution is 2.30. The van der Waals surface area contributed by atoms with E-state index in [1.165, 1.54) is 32.2 Å². The number of hydrogen-bond donors (Lipinski definition) is 1. The number of nitriles is 1. The Labute approximate surface area is 148 Å². The van der Waals surface area contributed by atoms with E-state index in [-0.39, 0.29) is 11.4 Å². The van der Waals surface area contributed by atoms with Gasteiger partial charge in [-0.3, -0.25) is 4.79 Å². The molecule has 0 bridgehead atoms. The Morgan fingerprint density at radius 3 is 2.35 bits per heavy atom. The summed E-state index contributed by atoms with van der Waals surface area (Å²) in [6, 6.07) is 10.5. The molecule has 0 unspecified atom stereocenters. The van der Waals surface area contributed by atoms with Gasteiger partial charge in [0.15, 0.2) is 17.6 Å². The smallest absolute Gasteiger partial charge is 0.416 e. The average molecular weight is 364 g/mol. The molecule has 1 amide bonds. The summed E-state index contributed by atoms with van der Waals surface area (Å²) in [4.78, 5) is 12.2. The van der Waals surface area contributed by atoms with Gasteiger partial charge in [0.05, 0.1) is 24.3 Å². The van der Waals surface area contributed by atoms with Gasteiger partial charge in [-0.2, -0.15) is 18.4 Å². The van der Waals surface area contributed by atoms with Crippen LogP contribution < -0.4 is 14.8 Å². The van der Waals surface area contributed by atoms with Crippen LogP contribution in [0.5, 0.6) is 11.5 Å². The van der Waals surface area contributed by atoms with Gasteiger partial charge in [0.25, 0.3) is 5.91 Å². The van der Waals surface area contributed by atoms with E-state index in [4.69, 9.17) is 14.7 Å². The van der Waals surface area contributed by atoms with Crippen molar-refractivity contribution in [3.05, 3.63) is 53.6 Å². The number of alkyl halides is 3. The number of ether oxygens (including phenoxy) is 2. The second kappa shape index (κ2) is 7.78. The highest BCUT2D eigenvalue weighted by molar-refractivity contribution is 5.94. The minimum atomic E-state index is -4.44. The predicted molar refractivity (Wildman–Crippen MR) is 87.9 cm³/mol. The van der Waals surface area contributed by atoms with Gasteiger partial charge < -0.3 is 14.8 Å². The van der Waals surface area contributed by atoms with Gasteiger partial charge in [-0.25, -0.2) is 0 Å². The van der Waals surface area contributed by atoms with Crippen molar-refractivity contribution in [2.45, 2.75) is 19.2 Å². The molecule has 0 fully saturated rings. The molecule has 5 nitrogen and oxygen atoms in total. The van der Waals surface area contributed by atoms with Gasteiger partial charge in [-0.05, 0) is 43.3 Å². The SMILES string of the molecule is COc1cc(C#N)ccc1O[C@@H](C)C(=O)Nc1ccc(C(F)(F)F)cc1. The number of rotatable bonds is 5. The van der Waals surface area contributed by atoms with Gasteiger partial charge in [-0.15, -0.1) is 0 Å². The Hall–Kier alpha value is -3.21. The van der Waals surface area contributed by atoms with Crippen molar-refractivity contribution in [1.82, 2.24) is 0 Å². The standard InChI is InChI=1S/C18H15F3N2O3/c1-11(26-15-8-3-12(10-22)9-16(15)25-2)17(24)23-14-6-4-13(5-7-14)18(19,20)21/h3-9,11H,1-2H3,(H,23,24)/t11-/m0/s1. The monoisotopic (exact) mass is 364 g/mol. The number of anilines is 1. The number of methoxy groups -OCH3 is 1. The second-order valence-corrected chi connectivity index (χ2v) is 5.30. The van der Waals surface area contributed by atoms with Crippen molar-refractivity contribution in [1.29, 1.82) is 5.26 Å². The number of carbonyl (C=O) groups is 1. The quantitative estimate of drug-likeness (QED) is 0.871. The number of halogens is 3. The number of carbonyl (C=O) groups excluding carboxylic acids is 1. The molecular weight excluding hydrogens is 349 g/mol. The molecule has 136 valence electrons. The fourth-order valence-electron chi connectivity index (χ4n) is 2.06. The van der Waals surface area contributed by atoms with Gasteiger partial charge in [0.2, 0.25) is 0 Å². The van der Waals surface area contributed by atoms with Crippen LogP contribution >= 0.6 is 0 Å². The van der Waals surface area contributed by atoms with E-state index in [1.807, 2.05) is 6.07 Å². The van der Waals surface area contributed by atoms with Gasteiger partial charge in [0.1, 0.15) is 0 Å². The first-order chi connectivity index (χ1) is 12.2. The zero-order valence-electron chi connectivity index (χ0n) is 13.9. The van der Waals surface area contributed by atoms with Crippen LogP contribution in [0.4, 0.5) is 18.9 Å². The Morgan fingerprint density at radius 2 is 1.81 bits per heavy atom. The lowest BCUT2D eigenvalue weighted by Gasteiger charge is -2.17. The van der Waals surface area contributed by atoms with Crippen LogP contribution in [-0.4, -0.2) is 19.1 Å². The number of nitrogens with one attached hydrogen (secondary N) is 1. The molecule has 8 heteroatoms. The zero-order chi connectivity index (χ0) is 19.3. The van der Waals surface area contributed by atoms with Crippen molar-refractivity contribution in [3.8, 4) is 17.6 Å². The third-order valence-corrected chi connectivity index (χ3v) is 3.45. The fraction of sp³-hybridized carbons (Fsp3) is 0.222. The van der Waals surface area contributed by atoms with Crippen molar-refractivity contribution in [2.75, 3.05) is 12.4 Å². The number of nitrogens with zero attached hydrogens (tertiary/aromatic N) is 1. The van der Waals surface area contributed by atoms with E-state index in [9.17, 15) is 18.0 Å². The largest absolute Gasteiger partial charge is 0.493 e. The van der Waals surface area contributed by atoms with E-state index in [1.54, 1.807) is 0 Å². The molecular formula is C18H15F3N2O3. The third-order valence-electron chi connectivity index (χ3n) is 3.45. The maximum atomic E-state index is 12.5. The third kappa shape index (κ3) is 4.66. The molecule has 0 aromatic heterocycles. The summed E-state index contributed by atoms with van der Waals surface area (Å²) in [6.07, 6.45) is -5.38. The number of amides is 1. The summed E-state index contributed by atoms with van der Waals surface area (Å²) in [6.45, 7) is 1.48. The topological polar surface area (TPSA) is 71.3 Å². The van der Waals surface area contributed by atoms with E-state index < -0.39 is 23.8 Å². The first kappa shape index (κ1) is 19.1. The van der Waals surface area contributed by atoms with Crippen LogP contribution in [0.15, 0.2) is 42.5 Å². The molecule has 2 rings (SSSR count). The fourth-order valence-corrected chi connectivity index (χ4v) is 2.06. The van der Waals surface area contributed by atoms with Crippen molar-refractivity contribution in [2.24, 2.45) is 0 Å². The van der Waals surface area contributed by atoms with Crippen LogP contribution in [-0.2, 0) is 11.0 Å². The number of hydrogen-bond acceptors (Lipinski definition) is 4. The lowest BCUT2D eigenvalue weighted by molar-refractivity contribution is -0.137. The molecule has 26 heavy (non-hydrogen) atoms. The molecule has 2 aromatic carbocycles. The van der Waals surface area contributed by atoms with Crippen LogP contribution in [0.2, 0.25) is 0 Å². The molecule has 0 aliphatic heterocycles. The Kier molecular flexibility index (Phi) is 5.72. The molecule has 0 saturated carbocycles. The first-order valence-electron chi connectivity index (χ1n) is 7.47. The predicted octanol–water partition coefficient (Wildman–Crippen LogP) is 3.99. The highest BCUT2D eigenvalue weighted by Gasteiger charge is 2.30. The van der Waals surface area contributed by atoms with Crippen LogP contribution in [0.3, 0.4) is 0 Å². The molecule has 0 spiro atoms. The zero-order valence-corrected chi connectivity index (χ0v) is 13.9. The minimum Gasteiger partial charge on any atom is -0.493 e. The van der Waals surface area contributed by atoms with Crippen molar-refractivity contribution >= 4 is 11.6 Å². The first-order valence-corrected chi connectivity index (χ1v) is 7.47. The number of benzene rings is 2. The van der Waals surface area contributed by atoms with E-state index in [0.717, 1.165) is 24.3 Å². The van der Waals surface area contributed by atoms with Gasteiger partial charge >= 0.3 is 6.18 Å². The lowest BCUT2D eigenvalue weighted by atomic mass is 10.2. The Balaban J connectivity index is 2.05. The molecule has 0 aliphatic rings. The van der Waals surface area contributed by atoms with Crippen LogP contribution in [0, 0.1) is 11.3 Å². The average Bonchev–Trinajstić information content (AvgIpc) is 2.61.